The number of amides is 1. The average molecular weight is 423 g/mol. The predicted octanol–water partition coefficient (Wildman–Crippen LogP) is 3.30. The Morgan fingerprint density at radius 3 is 2.19 bits per heavy atom. The van der Waals surface area contributed by atoms with Crippen molar-refractivity contribution >= 4 is 23.4 Å². The third-order valence-corrected chi connectivity index (χ3v) is 4.96. The Morgan fingerprint density at radius 2 is 1.58 bits per heavy atom. The summed E-state index contributed by atoms with van der Waals surface area (Å²) in [5.74, 6) is -1.19. The molecule has 2 aromatic rings. The zero-order valence-electron chi connectivity index (χ0n) is 17.8. The molecule has 2 aromatic carbocycles. The van der Waals surface area contributed by atoms with Crippen molar-refractivity contribution in [2.45, 2.75) is 32.9 Å². The summed E-state index contributed by atoms with van der Waals surface area (Å²) in [6.07, 6.45) is 0. The van der Waals surface area contributed by atoms with E-state index in [9.17, 15) is 14.4 Å². The van der Waals surface area contributed by atoms with Crippen LogP contribution in [0.3, 0.4) is 0 Å². The standard InChI is InChI=1S/C24H25NO6/c1-17(26)29-15-20-21(19-12-8-5-9-13-19)22(27)25(16-31-20)24(2,3)23(28)30-14-18-10-6-4-7-11-18/h4-13H,14-16H2,1-3H3. The van der Waals surface area contributed by atoms with Crippen molar-refractivity contribution in [1.29, 1.82) is 0 Å². The fourth-order valence-corrected chi connectivity index (χ4v) is 3.12. The molecule has 0 saturated heterocycles. The molecule has 31 heavy (non-hydrogen) atoms. The van der Waals surface area contributed by atoms with Crippen molar-refractivity contribution in [3.63, 3.8) is 0 Å². The number of hydrogen-bond acceptors (Lipinski definition) is 6. The highest BCUT2D eigenvalue weighted by atomic mass is 16.6. The Bertz CT molecular complexity index is 982. The third-order valence-electron chi connectivity index (χ3n) is 4.96. The zero-order chi connectivity index (χ0) is 22.4. The summed E-state index contributed by atoms with van der Waals surface area (Å²) in [6, 6.07) is 18.2. The molecule has 1 aliphatic heterocycles. The minimum absolute atomic E-state index is 0.102. The van der Waals surface area contributed by atoms with Crippen LogP contribution in [0.25, 0.3) is 5.57 Å². The lowest BCUT2D eigenvalue weighted by Crippen LogP contribution is -2.56. The molecule has 0 bridgehead atoms. The lowest BCUT2D eigenvalue weighted by molar-refractivity contribution is -0.167. The maximum Gasteiger partial charge on any atom is 0.331 e. The summed E-state index contributed by atoms with van der Waals surface area (Å²) in [7, 11) is 0. The summed E-state index contributed by atoms with van der Waals surface area (Å²) in [5, 5.41) is 0. The highest BCUT2D eigenvalue weighted by Crippen LogP contribution is 2.31. The number of nitrogens with zero attached hydrogens (tertiary/aromatic N) is 1. The predicted molar refractivity (Wildman–Crippen MR) is 113 cm³/mol. The first-order chi connectivity index (χ1) is 14.8. The van der Waals surface area contributed by atoms with Crippen LogP contribution in [0, 0.1) is 0 Å². The molecule has 7 heteroatoms. The van der Waals surface area contributed by atoms with Crippen LogP contribution in [-0.2, 0) is 35.2 Å². The molecule has 1 aliphatic rings. The van der Waals surface area contributed by atoms with Gasteiger partial charge < -0.3 is 14.2 Å². The first kappa shape index (κ1) is 22.1. The summed E-state index contributed by atoms with van der Waals surface area (Å²) < 4.78 is 16.3. The second kappa shape index (κ2) is 9.47. The molecule has 1 heterocycles. The Morgan fingerprint density at radius 1 is 0.968 bits per heavy atom. The molecule has 3 rings (SSSR count). The van der Waals surface area contributed by atoms with Crippen molar-refractivity contribution in [3.8, 4) is 0 Å². The number of carbonyl (C=O) groups excluding carboxylic acids is 3. The van der Waals surface area contributed by atoms with Gasteiger partial charge in [-0.25, -0.2) is 4.79 Å². The molecular weight excluding hydrogens is 398 g/mol. The molecule has 0 spiro atoms. The highest BCUT2D eigenvalue weighted by molar-refractivity contribution is 6.21. The van der Waals surface area contributed by atoms with Gasteiger partial charge in [-0.15, -0.1) is 0 Å². The van der Waals surface area contributed by atoms with Gasteiger partial charge in [0.05, 0.1) is 5.57 Å². The summed E-state index contributed by atoms with van der Waals surface area (Å²) in [5.41, 5.74) is 0.421. The molecule has 0 fully saturated rings. The van der Waals surface area contributed by atoms with Gasteiger partial charge in [-0.3, -0.25) is 14.5 Å². The summed E-state index contributed by atoms with van der Waals surface area (Å²) >= 11 is 0. The van der Waals surface area contributed by atoms with E-state index in [1.165, 1.54) is 11.8 Å². The van der Waals surface area contributed by atoms with Gasteiger partial charge >= 0.3 is 11.9 Å². The highest BCUT2D eigenvalue weighted by Gasteiger charge is 2.44. The molecule has 0 saturated carbocycles. The van der Waals surface area contributed by atoms with E-state index < -0.39 is 23.4 Å². The van der Waals surface area contributed by atoms with E-state index in [4.69, 9.17) is 14.2 Å². The Balaban J connectivity index is 1.84. The van der Waals surface area contributed by atoms with Crippen LogP contribution >= 0.6 is 0 Å². The van der Waals surface area contributed by atoms with Crippen LogP contribution in [0.15, 0.2) is 66.4 Å². The number of carbonyl (C=O) groups is 3. The van der Waals surface area contributed by atoms with E-state index in [1.54, 1.807) is 38.1 Å². The van der Waals surface area contributed by atoms with Crippen molar-refractivity contribution in [2.24, 2.45) is 0 Å². The molecular formula is C24H25NO6. The van der Waals surface area contributed by atoms with Gasteiger partial charge in [-0.05, 0) is 25.0 Å². The number of benzene rings is 2. The topological polar surface area (TPSA) is 82.1 Å². The number of ether oxygens (including phenoxy) is 3. The smallest absolute Gasteiger partial charge is 0.331 e. The molecule has 0 aromatic heterocycles. The quantitative estimate of drug-likeness (QED) is 0.636. The molecule has 0 atom stereocenters. The minimum atomic E-state index is -1.28. The van der Waals surface area contributed by atoms with E-state index in [1.807, 2.05) is 36.4 Å². The number of esters is 2. The van der Waals surface area contributed by atoms with Crippen molar-refractivity contribution in [3.05, 3.63) is 77.5 Å². The Hall–Kier alpha value is -3.61. The molecule has 0 aliphatic carbocycles. The number of hydrogen-bond donors (Lipinski definition) is 0. The maximum atomic E-state index is 13.4. The first-order valence-electron chi connectivity index (χ1n) is 9.88. The van der Waals surface area contributed by atoms with Crippen LogP contribution in [0.1, 0.15) is 31.9 Å². The van der Waals surface area contributed by atoms with E-state index in [0.717, 1.165) is 5.56 Å². The van der Waals surface area contributed by atoms with E-state index in [-0.39, 0.29) is 31.3 Å². The van der Waals surface area contributed by atoms with Crippen molar-refractivity contribution < 1.29 is 28.6 Å². The van der Waals surface area contributed by atoms with Crippen LogP contribution in [0.2, 0.25) is 0 Å². The average Bonchev–Trinajstić information content (AvgIpc) is 2.77. The largest absolute Gasteiger partial charge is 0.473 e. The normalized spacial score (nSPS) is 14.2. The molecule has 0 N–H and O–H groups in total. The van der Waals surface area contributed by atoms with Crippen molar-refractivity contribution in [2.75, 3.05) is 13.3 Å². The Kier molecular flexibility index (Phi) is 6.74. The maximum absolute atomic E-state index is 13.4. The SMILES string of the molecule is CC(=O)OCC1=C(c2ccccc2)C(=O)N(C(C)(C)C(=O)OCc2ccccc2)CO1. The fraction of sp³-hybridized carbons (Fsp3) is 0.292. The Labute approximate surface area is 181 Å². The minimum Gasteiger partial charge on any atom is -0.473 e. The van der Waals surface area contributed by atoms with Gasteiger partial charge in [-0.2, -0.15) is 0 Å². The van der Waals surface area contributed by atoms with Gasteiger partial charge in [0, 0.05) is 6.92 Å². The lowest BCUT2D eigenvalue weighted by atomic mass is 9.97. The van der Waals surface area contributed by atoms with Gasteiger partial charge in [0.1, 0.15) is 24.5 Å². The van der Waals surface area contributed by atoms with Gasteiger partial charge in [0.25, 0.3) is 5.91 Å². The second-order valence-corrected chi connectivity index (χ2v) is 7.57. The van der Waals surface area contributed by atoms with Crippen molar-refractivity contribution in [1.82, 2.24) is 4.90 Å². The van der Waals surface area contributed by atoms with Crippen LogP contribution in [-0.4, -0.2) is 41.6 Å². The first-order valence-corrected chi connectivity index (χ1v) is 9.88. The molecule has 7 nitrogen and oxygen atoms in total. The monoisotopic (exact) mass is 423 g/mol. The van der Waals surface area contributed by atoms with E-state index in [0.29, 0.717) is 5.56 Å². The summed E-state index contributed by atoms with van der Waals surface area (Å²) in [4.78, 5) is 38.9. The molecule has 1 amide bonds. The third kappa shape index (κ3) is 5.12. The second-order valence-electron chi connectivity index (χ2n) is 7.57. The van der Waals surface area contributed by atoms with Crippen LogP contribution in [0.5, 0.6) is 0 Å². The van der Waals surface area contributed by atoms with Crippen LogP contribution < -0.4 is 0 Å². The fourth-order valence-electron chi connectivity index (χ4n) is 3.12. The lowest BCUT2D eigenvalue weighted by Gasteiger charge is -2.39. The summed E-state index contributed by atoms with van der Waals surface area (Å²) in [6.45, 7) is 4.27. The van der Waals surface area contributed by atoms with Gasteiger partial charge in [-0.1, -0.05) is 60.7 Å². The zero-order valence-corrected chi connectivity index (χ0v) is 17.8. The molecule has 0 unspecified atom stereocenters. The van der Waals surface area contributed by atoms with Gasteiger partial charge in [0.2, 0.25) is 0 Å². The van der Waals surface area contributed by atoms with E-state index in [2.05, 4.69) is 0 Å². The van der Waals surface area contributed by atoms with Crippen LogP contribution in [0.4, 0.5) is 0 Å². The molecule has 0 radical (unpaired) electrons. The van der Waals surface area contributed by atoms with Gasteiger partial charge in [0.15, 0.2) is 6.73 Å². The van der Waals surface area contributed by atoms with E-state index >= 15 is 0 Å². The number of rotatable bonds is 7. The molecule has 162 valence electrons.